The number of nitrogens with zero attached hydrogens (tertiary/aromatic N) is 2. The Balaban J connectivity index is 1.06. The van der Waals surface area contributed by atoms with Crippen LogP contribution in [0.1, 0.15) is 25.0 Å². The van der Waals surface area contributed by atoms with Crippen LogP contribution in [0.25, 0.3) is 87.6 Å². The highest BCUT2D eigenvalue weighted by Gasteiger charge is 2.36. The van der Waals surface area contributed by atoms with E-state index in [9.17, 15) is 0 Å². The molecule has 0 unspecified atom stereocenters. The predicted octanol–water partition coefficient (Wildman–Crippen LogP) is 20.5. The normalized spacial score (nSPS) is 12.5. The summed E-state index contributed by atoms with van der Waals surface area (Å²) < 4.78 is 0. The van der Waals surface area contributed by atoms with Gasteiger partial charge in [-0.05, 0) is 184 Å². The summed E-state index contributed by atoms with van der Waals surface area (Å²) in [5.74, 6) is 0. The fourth-order valence-electron chi connectivity index (χ4n) is 12.1. The number of hydrogen-bond donors (Lipinski definition) is 0. The van der Waals surface area contributed by atoms with Gasteiger partial charge in [-0.1, -0.05) is 208 Å². The molecule has 2 heteroatoms. The van der Waals surface area contributed by atoms with Gasteiger partial charge < -0.3 is 9.80 Å². The molecule has 75 heavy (non-hydrogen) atoms. The summed E-state index contributed by atoms with van der Waals surface area (Å²) in [6.07, 6.45) is 0. The summed E-state index contributed by atoms with van der Waals surface area (Å²) in [6, 6.07) is 103. The smallest absolute Gasteiger partial charge is 0.0468 e. The Morgan fingerprint density at radius 2 is 0.627 bits per heavy atom. The van der Waals surface area contributed by atoms with Crippen molar-refractivity contribution < 1.29 is 0 Å². The first-order chi connectivity index (χ1) is 36.9. The second-order valence-electron chi connectivity index (χ2n) is 20.5. The van der Waals surface area contributed by atoms with Gasteiger partial charge in [-0.15, -0.1) is 0 Å². The van der Waals surface area contributed by atoms with Crippen LogP contribution < -0.4 is 9.80 Å². The van der Waals surface area contributed by atoms with Crippen molar-refractivity contribution in [2.24, 2.45) is 0 Å². The van der Waals surface area contributed by atoms with Crippen LogP contribution in [0.3, 0.4) is 0 Å². The molecular formula is C73H52N2. The third-order valence-electron chi connectivity index (χ3n) is 15.8. The standard InChI is InChI=1S/C73H52N2/c1-73(2)69-29-17-16-28-63(69)64-41-38-62(48-70(64)73)75(59-36-34-52(35-37-59)49-18-6-3-7-19-49)61-40-43-66-68(47-61)72(56-33-31-51-21-13-15-23-54(51)45-56)65-42-39-60(74(57-24-8-4-9-25-57)58-26-10-5-11-27-58)46-67(65)71(66)55-32-30-50-20-12-14-22-53(50)44-55/h3-48H,1-2H3. The SMILES string of the molecule is CC1(C)c2ccccc2-c2ccc(N(c3ccc(-c4ccccc4)cc3)c3ccc4c(-c5ccc6ccccc6c5)c5cc(N(c6ccccc6)c6ccccc6)ccc5c(-c5ccc6ccccc6c5)c4c3)cc21. The van der Waals surface area contributed by atoms with E-state index in [2.05, 4.69) is 303 Å². The first-order valence-corrected chi connectivity index (χ1v) is 26.1. The Morgan fingerprint density at radius 3 is 1.19 bits per heavy atom. The van der Waals surface area contributed by atoms with Crippen LogP contribution in [-0.2, 0) is 5.41 Å². The van der Waals surface area contributed by atoms with Crippen LogP contribution in [0, 0.1) is 0 Å². The molecule has 1 aliphatic carbocycles. The van der Waals surface area contributed by atoms with Crippen LogP contribution in [0.2, 0.25) is 0 Å². The highest BCUT2D eigenvalue weighted by atomic mass is 15.1. The van der Waals surface area contributed by atoms with Gasteiger partial charge in [-0.25, -0.2) is 0 Å². The van der Waals surface area contributed by atoms with Crippen LogP contribution in [-0.4, -0.2) is 0 Å². The Morgan fingerprint density at radius 1 is 0.240 bits per heavy atom. The molecule has 2 nitrogen and oxygen atoms in total. The van der Waals surface area contributed by atoms with Crippen molar-refractivity contribution in [3.05, 3.63) is 290 Å². The molecule has 0 spiro atoms. The summed E-state index contributed by atoms with van der Waals surface area (Å²) in [6.45, 7) is 4.74. The number of hydrogen-bond acceptors (Lipinski definition) is 2. The van der Waals surface area contributed by atoms with Crippen LogP contribution in [0.5, 0.6) is 0 Å². The van der Waals surface area contributed by atoms with E-state index < -0.39 is 0 Å². The lowest BCUT2D eigenvalue weighted by Crippen LogP contribution is -2.16. The van der Waals surface area contributed by atoms with E-state index >= 15 is 0 Å². The van der Waals surface area contributed by atoms with Crippen LogP contribution in [0.15, 0.2) is 279 Å². The molecule has 13 aromatic carbocycles. The van der Waals surface area contributed by atoms with Gasteiger partial charge in [0.15, 0.2) is 0 Å². The van der Waals surface area contributed by atoms with E-state index in [4.69, 9.17) is 0 Å². The van der Waals surface area contributed by atoms with Crippen molar-refractivity contribution >= 4 is 77.2 Å². The molecule has 0 aliphatic heterocycles. The second kappa shape index (κ2) is 17.9. The first kappa shape index (κ1) is 44.2. The molecule has 0 radical (unpaired) electrons. The summed E-state index contributed by atoms with van der Waals surface area (Å²) >= 11 is 0. The van der Waals surface area contributed by atoms with Crippen molar-refractivity contribution in [2.75, 3.05) is 9.80 Å². The minimum atomic E-state index is -0.166. The molecule has 354 valence electrons. The Kier molecular flexibility index (Phi) is 10.6. The van der Waals surface area contributed by atoms with Crippen molar-refractivity contribution in [3.63, 3.8) is 0 Å². The third-order valence-corrected chi connectivity index (χ3v) is 15.8. The molecule has 0 bridgehead atoms. The van der Waals surface area contributed by atoms with Gasteiger partial charge in [-0.2, -0.15) is 0 Å². The summed E-state index contributed by atoms with van der Waals surface area (Å²) in [4.78, 5) is 4.85. The molecule has 0 atom stereocenters. The summed E-state index contributed by atoms with van der Waals surface area (Å²) in [5, 5.41) is 9.63. The van der Waals surface area contributed by atoms with Crippen molar-refractivity contribution in [3.8, 4) is 44.5 Å². The largest absolute Gasteiger partial charge is 0.310 e. The number of rotatable bonds is 9. The van der Waals surface area contributed by atoms with Gasteiger partial charge in [0.1, 0.15) is 0 Å². The average molecular weight is 957 g/mol. The lowest BCUT2D eigenvalue weighted by Gasteiger charge is -2.29. The van der Waals surface area contributed by atoms with Gasteiger partial charge in [0.05, 0.1) is 0 Å². The maximum atomic E-state index is 2.47. The zero-order chi connectivity index (χ0) is 50.0. The van der Waals surface area contributed by atoms with E-state index in [1.54, 1.807) is 0 Å². The predicted molar refractivity (Wildman–Crippen MR) is 320 cm³/mol. The molecular weight excluding hydrogens is 905 g/mol. The molecule has 0 aromatic heterocycles. The fraction of sp³-hybridized carbons (Fsp3) is 0.0411. The Labute approximate surface area is 438 Å². The monoisotopic (exact) mass is 956 g/mol. The minimum absolute atomic E-state index is 0.166. The van der Waals surface area contributed by atoms with Gasteiger partial charge in [-0.3, -0.25) is 0 Å². The maximum Gasteiger partial charge on any atom is 0.0468 e. The van der Waals surface area contributed by atoms with Crippen LogP contribution in [0.4, 0.5) is 34.1 Å². The molecule has 0 saturated heterocycles. The number of para-hydroxylation sites is 2. The molecule has 0 N–H and O–H groups in total. The zero-order valence-electron chi connectivity index (χ0n) is 42.0. The lowest BCUT2D eigenvalue weighted by atomic mass is 9.82. The van der Waals surface area contributed by atoms with E-state index in [-0.39, 0.29) is 5.41 Å². The number of fused-ring (bicyclic) bond motifs is 7. The highest BCUT2D eigenvalue weighted by Crippen LogP contribution is 2.52. The van der Waals surface area contributed by atoms with Gasteiger partial charge >= 0.3 is 0 Å². The van der Waals surface area contributed by atoms with Crippen molar-refractivity contribution in [1.82, 2.24) is 0 Å². The van der Waals surface area contributed by atoms with Gasteiger partial charge in [0, 0.05) is 39.5 Å². The molecule has 0 amide bonds. The highest BCUT2D eigenvalue weighted by molar-refractivity contribution is 6.23. The Hall–Kier alpha value is -9.50. The first-order valence-electron chi connectivity index (χ1n) is 26.1. The quantitative estimate of drug-likeness (QED) is 0.133. The number of benzene rings is 13. The zero-order valence-corrected chi connectivity index (χ0v) is 42.0. The van der Waals surface area contributed by atoms with E-state index in [0.717, 1.165) is 34.1 Å². The topological polar surface area (TPSA) is 6.48 Å². The Bertz CT molecular complexity index is 4270. The minimum Gasteiger partial charge on any atom is -0.310 e. The van der Waals surface area contributed by atoms with Gasteiger partial charge in [0.2, 0.25) is 0 Å². The van der Waals surface area contributed by atoms with E-state index in [1.165, 1.54) is 98.7 Å². The molecule has 13 aromatic rings. The van der Waals surface area contributed by atoms with E-state index in [1.807, 2.05) is 0 Å². The maximum absolute atomic E-state index is 2.47. The lowest BCUT2D eigenvalue weighted by molar-refractivity contribution is 0.660. The molecule has 0 fully saturated rings. The molecule has 1 aliphatic rings. The average Bonchev–Trinajstić information content (AvgIpc) is 3.73. The summed E-state index contributed by atoms with van der Waals surface area (Å²) in [5.41, 5.74) is 18.9. The molecule has 14 rings (SSSR count). The van der Waals surface area contributed by atoms with Crippen molar-refractivity contribution in [1.29, 1.82) is 0 Å². The molecule has 0 heterocycles. The molecule has 0 saturated carbocycles. The summed E-state index contributed by atoms with van der Waals surface area (Å²) in [7, 11) is 0. The number of anilines is 6. The van der Waals surface area contributed by atoms with Crippen LogP contribution >= 0.6 is 0 Å². The van der Waals surface area contributed by atoms with E-state index in [0.29, 0.717) is 0 Å². The third kappa shape index (κ3) is 7.56. The van der Waals surface area contributed by atoms with Crippen molar-refractivity contribution in [2.45, 2.75) is 19.3 Å². The fourth-order valence-corrected chi connectivity index (χ4v) is 12.1. The second-order valence-corrected chi connectivity index (χ2v) is 20.5. The van der Waals surface area contributed by atoms with Gasteiger partial charge in [0.25, 0.3) is 0 Å².